The summed E-state index contributed by atoms with van der Waals surface area (Å²) in [5.41, 5.74) is 1.30. The van der Waals surface area contributed by atoms with Crippen LogP contribution in [-0.2, 0) is 16.1 Å². The highest BCUT2D eigenvalue weighted by Gasteiger charge is 2.33. The summed E-state index contributed by atoms with van der Waals surface area (Å²) in [5, 5.41) is 0. The zero-order valence-electron chi connectivity index (χ0n) is 17.0. The van der Waals surface area contributed by atoms with E-state index >= 15 is 0 Å². The highest BCUT2D eigenvalue weighted by atomic mass is 16.5. The molecule has 3 aliphatic heterocycles. The molecular weight excluding hydrogens is 352 g/mol. The Hall–Kier alpha value is -1.50. The number of pyridine rings is 1. The molecule has 1 aromatic heterocycles. The molecule has 6 heteroatoms. The van der Waals surface area contributed by atoms with Crippen molar-refractivity contribution in [2.45, 2.75) is 44.7 Å². The molecule has 0 unspecified atom stereocenters. The molecule has 4 heterocycles. The summed E-state index contributed by atoms with van der Waals surface area (Å²) in [7, 11) is 0. The van der Waals surface area contributed by atoms with Crippen LogP contribution in [0, 0.1) is 5.92 Å². The Balaban J connectivity index is 1.26. The average Bonchev–Trinajstić information content (AvgIpc) is 3.04. The zero-order valence-corrected chi connectivity index (χ0v) is 17.0. The number of carbonyl (C=O) groups is 1. The van der Waals surface area contributed by atoms with Gasteiger partial charge in [-0.25, -0.2) is 0 Å². The van der Waals surface area contributed by atoms with Crippen molar-refractivity contribution in [3.8, 4) is 0 Å². The summed E-state index contributed by atoms with van der Waals surface area (Å²) in [6.07, 6.45) is 9.39. The molecule has 3 saturated heterocycles. The first-order valence-electron chi connectivity index (χ1n) is 11.0. The molecule has 3 fully saturated rings. The van der Waals surface area contributed by atoms with Gasteiger partial charge < -0.3 is 9.64 Å². The number of amides is 1. The quantitative estimate of drug-likeness (QED) is 0.792. The van der Waals surface area contributed by atoms with Crippen molar-refractivity contribution in [1.82, 2.24) is 19.7 Å². The number of carbonyl (C=O) groups excluding carboxylic acids is 1. The fourth-order valence-electron chi connectivity index (χ4n) is 4.96. The number of aromatic nitrogens is 1. The Kier molecular flexibility index (Phi) is 6.94. The molecule has 0 aromatic carbocycles. The molecule has 4 rings (SSSR count). The maximum atomic E-state index is 13.0. The maximum Gasteiger partial charge on any atom is 0.227 e. The van der Waals surface area contributed by atoms with Crippen LogP contribution in [0.3, 0.4) is 0 Å². The van der Waals surface area contributed by atoms with Gasteiger partial charge in [0.15, 0.2) is 0 Å². The summed E-state index contributed by atoms with van der Waals surface area (Å²) >= 11 is 0. The highest BCUT2D eigenvalue weighted by molar-refractivity contribution is 5.79. The van der Waals surface area contributed by atoms with E-state index in [1.54, 1.807) is 0 Å². The van der Waals surface area contributed by atoms with E-state index in [1.165, 1.54) is 18.4 Å². The Morgan fingerprint density at radius 3 is 2.79 bits per heavy atom. The number of ether oxygens (including phenoxy) is 1. The fraction of sp³-hybridized carbons (Fsp3) is 0.727. The van der Waals surface area contributed by atoms with Crippen molar-refractivity contribution >= 4 is 5.91 Å². The van der Waals surface area contributed by atoms with Crippen molar-refractivity contribution in [2.75, 3.05) is 52.5 Å². The van der Waals surface area contributed by atoms with Crippen LogP contribution >= 0.6 is 0 Å². The van der Waals surface area contributed by atoms with Crippen molar-refractivity contribution in [3.63, 3.8) is 0 Å². The van der Waals surface area contributed by atoms with Crippen LogP contribution < -0.4 is 0 Å². The van der Waals surface area contributed by atoms with E-state index in [-0.39, 0.29) is 5.92 Å². The van der Waals surface area contributed by atoms with Crippen molar-refractivity contribution in [2.24, 2.45) is 5.92 Å². The van der Waals surface area contributed by atoms with Gasteiger partial charge in [0.1, 0.15) is 0 Å². The number of hydrogen-bond acceptors (Lipinski definition) is 5. The number of nitrogens with zero attached hydrogens (tertiary/aromatic N) is 4. The minimum absolute atomic E-state index is 0.181. The van der Waals surface area contributed by atoms with E-state index in [4.69, 9.17) is 4.74 Å². The first-order valence-corrected chi connectivity index (χ1v) is 11.0. The number of hydrogen-bond donors (Lipinski definition) is 0. The topological polar surface area (TPSA) is 48.9 Å². The van der Waals surface area contributed by atoms with E-state index < -0.39 is 0 Å². The van der Waals surface area contributed by atoms with Crippen LogP contribution in [0.15, 0.2) is 24.5 Å². The first-order chi connectivity index (χ1) is 13.8. The fourth-order valence-corrected chi connectivity index (χ4v) is 4.96. The van der Waals surface area contributed by atoms with Crippen LogP contribution in [0.1, 0.15) is 37.7 Å². The monoisotopic (exact) mass is 386 g/mol. The van der Waals surface area contributed by atoms with Crippen LogP contribution in [0.5, 0.6) is 0 Å². The number of piperidine rings is 2. The lowest BCUT2D eigenvalue weighted by Crippen LogP contribution is -2.51. The van der Waals surface area contributed by atoms with Gasteiger partial charge in [0, 0.05) is 51.2 Å². The second-order valence-corrected chi connectivity index (χ2v) is 8.49. The lowest BCUT2D eigenvalue weighted by Gasteiger charge is -2.42. The van der Waals surface area contributed by atoms with Crippen LogP contribution in [0.25, 0.3) is 0 Å². The third-order valence-corrected chi connectivity index (χ3v) is 6.54. The van der Waals surface area contributed by atoms with E-state index in [1.807, 2.05) is 18.5 Å². The standard InChI is InChI=1S/C22H34N4O2/c27-22(25-10-3-14-28-15-13-25)20-5-2-9-26(18-20)21-6-11-24(12-7-21)17-19-4-1-8-23-16-19/h1,4,8,16,20-21H,2-3,5-7,9-15,17-18H2/t20-/m1/s1. The lowest BCUT2D eigenvalue weighted by atomic mass is 9.92. The summed E-state index contributed by atoms with van der Waals surface area (Å²) in [5.74, 6) is 0.546. The molecule has 0 saturated carbocycles. The average molecular weight is 387 g/mol. The van der Waals surface area contributed by atoms with Gasteiger partial charge in [0.05, 0.1) is 12.5 Å². The largest absolute Gasteiger partial charge is 0.380 e. The molecule has 154 valence electrons. The smallest absolute Gasteiger partial charge is 0.227 e. The molecule has 0 bridgehead atoms. The van der Waals surface area contributed by atoms with E-state index in [0.29, 0.717) is 18.6 Å². The van der Waals surface area contributed by atoms with Crippen molar-refractivity contribution in [3.05, 3.63) is 30.1 Å². The minimum atomic E-state index is 0.181. The molecule has 0 N–H and O–H groups in total. The van der Waals surface area contributed by atoms with Gasteiger partial charge >= 0.3 is 0 Å². The second-order valence-electron chi connectivity index (χ2n) is 8.49. The predicted octanol–water partition coefficient (Wildman–Crippen LogP) is 2.01. The highest BCUT2D eigenvalue weighted by Crippen LogP contribution is 2.26. The van der Waals surface area contributed by atoms with Gasteiger partial charge in [-0.15, -0.1) is 0 Å². The Morgan fingerprint density at radius 2 is 1.96 bits per heavy atom. The number of rotatable bonds is 4. The molecule has 0 aliphatic carbocycles. The summed E-state index contributed by atoms with van der Waals surface area (Å²) in [6.45, 7) is 8.48. The lowest BCUT2D eigenvalue weighted by molar-refractivity contribution is -0.137. The van der Waals surface area contributed by atoms with Crippen LogP contribution in [0.2, 0.25) is 0 Å². The Labute approximate surface area is 168 Å². The number of likely N-dealkylation sites (tertiary alicyclic amines) is 2. The van der Waals surface area contributed by atoms with Gasteiger partial charge in [0.25, 0.3) is 0 Å². The van der Waals surface area contributed by atoms with Crippen LogP contribution in [-0.4, -0.2) is 84.1 Å². The van der Waals surface area contributed by atoms with Crippen molar-refractivity contribution in [1.29, 1.82) is 0 Å². The van der Waals surface area contributed by atoms with Gasteiger partial charge in [-0.2, -0.15) is 0 Å². The summed E-state index contributed by atoms with van der Waals surface area (Å²) in [4.78, 5) is 24.5. The molecule has 28 heavy (non-hydrogen) atoms. The molecule has 1 atom stereocenters. The van der Waals surface area contributed by atoms with Crippen molar-refractivity contribution < 1.29 is 9.53 Å². The molecule has 0 radical (unpaired) electrons. The zero-order chi connectivity index (χ0) is 19.2. The Bertz CT molecular complexity index is 610. The van der Waals surface area contributed by atoms with Gasteiger partial charge in [-0.3, -0.25) is 19.6 Å². The van der Waals surface area contributed by atoms with Gasteiger partial charge in [-0.05, 0) is 63.4 Å². The second kappa shape index (κ2) is 9.81. The minimum Gasteiger partial charge on any atom is -0.380 e. The molecule has 3 aliphatic rings. The maximum absolute atomic E-state index is 13.0. The summed E-state index contributed by atoms with van der Waals surface area (Å²) < 4.78 is 5.52. The molecule has 1 amide bonds. The normalized spacial score (nSPS) is 26.1. The van der Waals surface area contributed by atoms with Gasteiger partial charge in [0.2, 0.25) is 5.91 Å². The van der Waals surface area contributed by atoms with E-state index in [2.05, 4.69) is 25.8 Å². The summed E-state index contributed by atoms with van der Waals surface area (Å²) in [6, 6.07) is 4.81. The molecule has 1 aromatic rings. The third kappa shape index (κ3) is 5.10. The molecule has 0 spiro atoms. The van der Waals surface area contributed by atoms with Gasteiger partial charge in [-0.1, -0.05) is 6.07 Å². The Morgan fingerprint density at radius 1 is 1.07 bits per heavy atom. The third-order valence-electron chi connectivity index (χ3n) is 6.54. The molecular formula is C22H34N4O2. The first kappa shape index (κ1) is 19.8. The van der Waals surface area contributed by atoms with E-state index in [0.717, 1.165) is 71.7 Å². The molecule has 6 nitrogen and oxygen atoms in total. The predicted molar refractivity (Wildman–Crippen MR) is 109 cm³/mol. The van der Waals surface area contributed by atoms with E-state index in [9.17, 15) is 4.79 Å². The van der Waals surface area contributed by atoms with Crippen LogP contribution in [0.4, 0.5) is 0 Å². The SMILES string of the molecule is O=C([C@@H]1CCCN(C2CCN(Cc3cccnc3)CC2)C1)N1CCCOCC1.